The van der Waals surface area contributed by atoms with Crippen molar-refractivity contribution >= 4 is 51.9 Å². The van der Waals surface area contributed by atoms with Crippen molar-refractivity contribution < 1.29 is 70.1 Å². The summed E-state index contributed by atoms with van der Waals surface area (Å²) in [6, 6.07) is 6.56. The monoisotopic (exact) mass is 848 g/mol. The highest BCUT2D eigenvalue weighted by Crippen LogP contribution is 2.66. The first-order valence-electron chi connectivity index (χ1n) is 16.7. The zero-order valence-electron chi connectivity index (χ0n) is 29.9. The van der Waals surface area contributed by atoms with E-state index in [1.807, 2.05) is 0 Å². The predicted octanol–water partition coefficient (Wildman–Crippen LogP) is 0.310. The molecule has 23 nitrogen and oxygen atoms in total. The van der Waals surface area contributed by atoms with Crippen molar-refractivity contribution in [2.45, 2.75) is 31.4 Å². The number of carbonyl (C=O) groups is 2. The maximum Gasteiger partial charge on any atom is 0.488 e. The maximum absolute atomic E-state index is 12.3. The molecule has 4 unspecified atom stereocenters. The van der Waals surface area contributed by atoms with Crippen molar-refractivity contribution in [1.29, 1.82) is 0 Å². The molecule has 0 spiro atoms. The summed E-state index contributed by atoms with van der Waals surface area (Å²) < 4.78 is 71.9. The van der Waals surface area contributed by atoms with Gasteiger partial charge in [-0.3, -0.25) is 18.7 Å². The van der Waals surface area contributed by atoms with E-state index in [0.717, 1.165) is 0 Å². The van der Waals surface area contributed by atoms with Crippen LogP contribution in [0.3, 0.4) is 0 Å². The van der Waals surface area contributed by atoms with Crippen molar-refractivity contribution in [1.82, 2.24) is 25.2 Å². The smallest absolute Gasteiger partial charge is 0.488 e. The van der Waals surface area contributed by atoms with Crippen LogP contribution in [0, 0.1) is 11.8 Å². The lowest BCUT2D eigenvalue weighted by atomic mass is 10.2. The molecule has 3 heterocycles. The molecule has 2 aromatic heterocycles. The Balaban J connectivity index is 1.19. The first-order valence-corrected chi connectivity index (χ1v) is 21.7. The second-order valence-corrected chi connectivity index (χ2v) is 16.9. The fraction of sp³-hybridized carbons (Fsp3) is 0.467. The molecular weight excluding hydrogens is 805 g/mol. The molecule has 0 bridgehead atoms. The van der Waals surface area contributed by atoms with Gasteiger partial charge < -0.3 is 66.0 Å². The summed E-state index contributed by atoms with van der Waals surface area (Å²) in [4.78, 5) is 61.1. The summed E-state index contributed by atoms with van der Waals surface area (Å²) in [6.07, 6.45) is 1.32. The van der Waals surface area contributed by atoms with Gasteiger partial charge >= 0.3 is 23.2 Å². The van der Waals surface area contributed by atoms with Crippen LogP contribution in [0.5, 0.6) is 5.75 Å². The summed E-state index contributed by atoms with van der Waals surface area (Å²) >= 11 is 0. The summed E-state index contributed by atoms with van der Waals surface area (Å²) in [5.41, 5.74) is 18.7. The number of ether oxygens (including phenoxy) is 4. The van der Waals surface area contributed by atoms with E-state index in [-0.39, 0.29) is 44.7 Å². The second kappa shape index (κ2) is 20.6. The SMILES string of the molecule is CP(=O)(O)OP(=O)(O)OP(=O)(O)OC[C@@H]1CC[C@H](n2cc(C#CCNC(=O)COCCOC(N)COc3cccc(C(=O)NCCN)c3)c3c(N)ncnc32)O1. The van der Waals surface area contributed by atoms with E-state index in [9.17, 15) is 33.1 Å². The van der Waals surface area contributed by atoms with Gasteiger partial charge in [0.05, 0.1) is 43.4 Å². The number of phosphoric ester groups is 1. The Morgan fingerprint density at radius 3 is 2.64 bits per heavy atom. The lowest BCUT2D eigenvalue weighted by molar-refractivity contribution is -0.126. The zero-order valence-corrected chi connectivity index (χ0v) is 32.6. The van der Waals surface area contributed by atoms with E-state index < -0.39 is 54.3 Å². The van der Waals surface area contributed by atoms with Crippen molar-refractivity contribution in [2.24, 2.45) is 11.5 Å². The number of phosphoric acid groups is 2. The van der Waals surface area contributed by atoms with Crippen LogP contribution in [0.1, 0.15) is 35.0 Å². The van der Waals surface area contributed by atoms with E-state index in [1.54, 1.807) is 35.0 Å². The van der Waals surface area contributed by atoms with Crippen molar-refractivity contribution in [3.63, 3.8) is 0 Å². The maximum atomic E-state index is 12.3. The Labute approximate surface area is 320 Å². The number of hydrogen-bond acceptors (Lipinski definition) is 17. The van der Waals surface area contributed by atoms with Gasteiger partial charge in [0, 0.05) is 31.5 Å². The van der Waals surface area contributed by atoms with Crippen molar-refractivity contribution in [2.75, 3.05) is 65.1 Å². The summed E-state index contributed by atoms with van der Waals surface area (Å²) in [6.45, 7) is 0.548. The molecule has 6 atom stereocenters. The van der Waals surface area contributed by atoms with E-state index >= 15 is 0 Å². The summed E-state index contributed by atoms with van der Waals surface area (Å²) in [5, 5.41) is 5.70. The number of nitrogens with two attached hydrogens (primary N) is 3. The molecule has 0 saturated carbocycles. The van der Waals surface area contributed by atoms with Gasteiger partial charge in [-0.25, -0.2) is 23.4 Å². The normalized spacial score (nSPS) is 19.2. The zero-order chi connectivity index (χ0) is 40.9. The second-order valence-electron chi connectivity index (χ2n) is 11.8. The molecule has 0 radical (unpaired) electrons. The minimum absolute atomic E-state index is 0.00497. The third-order valence-electron chi connectivity index (χ3n) is 7.25. The minimum atomic E-state index is -5.42. The van der Waals surface area contributed by atoms with Gasteiger partial charge in [-0.2, -0.15) is 4.31 Å². The highest BCUT2D eigenvalue weighted by atomic mass is 31.3. The Morgan fingerprint density at radius 1 is 1.11 bits per heavy atom. The van der Waals surface area contributed by atoms with Crippen LogP contribution < -0.4 is 32.6 Å². The lowest BCUT2D eigenvalue weighted by Gasteiger charge is -2.19. The number of nitrogens with zero attached hydrogens (tertiary/aromatic N) is 3. The first-order chi connectivity index (χ1) is 26.4. The number of aromatic nitrogens is 3. The number of benzene rings is 1. The quantitative estimate of drug-likeness (QED) is 0.0309. The van der Waals surface area contributed by atoms with Crippen molar-refractivity contribution in [3.8, 4) is 17.6 Å². The molecule has 4 rings (SSSR count). The van der Waals surface area contributed by atoms with Crippen LogP contribution in [-0.2, 0) is 45.8 Å². The largest absolute Gasteiger partial charge is 0.489 e. The highest BCUT2D eigenvalue weighted by molar-refractivity contribution is 7.68. The number of nitrogens with one attached hydrogen (secondary N) is 2. The number of fused-ring (bicyclic) bond motifs is 1. The van der Waals surface area contributed by atoms with E-state index in [4.69, 9.17) is 45.6 Å². The molecular formula is C30H43N8O15P3. The van der Waals surface area contributed by atoms with Gasteiger partial charge in [0.15, 0.2) is 0 Å². The lowest BCUT2D eigenvalue weighted by Crippen LogP contribution is -2.33. The van der Waals surface area contributed by atoms with Gasteiger partial charge in [0.1, 0.15) is 49.2 Å². The number of amides is 2. The standard InChI is InChI=1S/C30H43N8O15P3/c1-54(41,42)52-56(45,46)53-55(43,44)50-16-23-7-8-26(51-23)38-15-21(27-28(33)36-19-37-29(27)38)5-3-10-34-25(39)18-47-12-13-48-24(32)17-49-22-6-2-4-20(14-22)30(40)35-11-9-31/h2,4,6,14-15,19,23-24,26H,7-13,16-18,31-32H2,1H3,(H,34,39)(H,35,40)(H,41,42)(H,43,44)(H,45,46)(H2,33,36,37)/t23-,24?,26+/m0/s1. The van der Waals surface area contributed by atoms with Gasteiger partial charge in [0.25, 0.3) is 5.91 Å². The average Bonchev–Trinajstić information content (AvgIpc) is 3.74. The number of carbonyl (C=O) groups excluding carboxylic acids is 2. The van der Waals surface area contributed by atoms with E-state index in [1.165, 1.54) is 6.33 Å². The Hall–Kier alpha value is -3.81. The van der Waals surface area contributed by atoms with E-state index in [0.29, 0.717) is 60.5 Å². The number of nitrogen functional groups attached to an aromatic ring is 1. The minimum Gasteiger partial charge on any atom is -0.489 e. The van der Waals surface area contributed by atoms with Gasteiger partial charge in [-0.15, -0.1) is 0 Å². The van der Waals surface area contributed by atoms with Crippen LogP contribution in [-0.4, -0.2) is 113 Å². The highest BCUT2D eigenvalue weighted by Gasteiger charge is 2.40. The molecule has 26 heteroatoms. The van der Waals surface area contributed by atoms with Crippen molar-refractivity contribution in [3.05, 3.63) is 47.9 Å². The molecule has 1 fully saturated rings. The molecule has 3 aromatic rings. The predicted molar refractivity (Wildman–Crippen MR) is 197 cm³/mol. The number of hydrogen-bond donors (Lipinski definition) is 8. The Bertz CT molecular complexity index is 2040. The third-order valence-corrected chi connectivity index (χ3v) is 11.4. The van der Waals surface area contributed by atoms with Gasteiger partial charge in [-0.05, 0) is 31.0 Å². The summed E-state index contributed by atoms with van der Waals surface area (Å²) in [5.74, 6) is 5.61. The van der Waals surface area contributed by atoms with Crippen LogP contribution in [0.4, 0.5) is 5.82 Å². The average molecular weight is 849 g/mol. The van der Waals surface area contributed by atoms with Crippen LogP contribution >= 0.6 is 23.2 Å². The Kier molecular flexibility index (Phi) is 16.5. The molecule has 1 aliphatic rings. The first kappa shape index (κ1) is 44.9. The Morgan fingerprint density at radius 2 is 1.89 bits per heavy atom. The molecule has 308 valence electrons. The van der Waals surface area contributed by atoms with Crippen LogP contribution in [0.15, 0.2) is 36.8 Å². The third kappa shape index (κ3) is 14.6. The fourth-order valence-electron chi connectivity index (χ4n) is 4.97. The van der Waals surface area contributed by atoms with Gasteiger partial charge in [0.2, 0.25) is 5.91 Å². The molecule has 2 amide bonds. The number of rotatable bonds is 21. The number of anilines is 1. The molecule has 1 aromatic carbocycles. The molecule has 1 aliphatic heterocycles. The molecule has 11 N–H and O–H groups in total. The van der Waals surface area contributed by atoms with Gasteiger partial charge in [-0.1, -0.05) is 17.9 Å². The van der Waals surface area contributed by atoms with E-state index in [2.05, 4.69) is 41.1 Å². The summed E-state index contributed by atoms with van der Waals surface area (Å²) in [7, 11) is -15.2. The van der Waals surface area contributed by atoms with Crippen LogP contribution in [0.2, 0.25) is 0 Å². The molecule has 0 aliphatic carbocycles. The van der Waals surface area contributed by atoms with Crippen LogP contribution in [0.25, 0.3) is 11.0 Å². The topological polar surface area (TPSA) is 343 Å². The fourth-order valence-corrected chi connectivity index (χ4v) is 8.48. The molecule has 1 saturated heterocycles. The molecule has 56 heavy (non-hydrogen) atoms.